The molecule has 0 bridgehead atoms. The van der Waals surface area contributed by atoms with Crippen LogP contribution in [-0.2, 0) is 16.0 Å². The number of fused-ring (bicyclic) bond motifs is 1. The fourth-order valence-corrected chi connectivity index (χ4v) is 3.39. The Hall–Kier alpha value is -2.30. The second-order valence-corrected chi connectivity index (χ2v) is 5.93. The van der Waals surface area contributed by atoms with Crippen molar-refractivity contribution in [2.24, 2.45) is 0 Å². The first-order chi connectivity index (χ1) is 10.6. The van der Waals surface area contributed by atoms with Gasteiger partial charge in [-0.05, 0) is 31.4 Å². The molecule has 0 radical (unpaired) electrons. The Kier molecular flexibility index (Phi) is 3.88. The number of aromatic amines is 1. The lowest BCUT2D eigenvalue weighted by Crippen LogP contribution is -2.37. The molecule has 0 spiro atoms. The van der Waals surface area contributed by atoms with Crippen molar-refractivity contribution in [1.29, 1.82) is 0 Å². The van der Waals surface area contributed by atoms with Crippen molar-refractivity contribution in [1.82, 2.24) is 9.88 Å². The highest BCUT2D eigenvalue weighted by atomic mass is 16.4. The number of hydrogen-bond donors (Lipinski definition) is 2. The molecule has 1 atom stereocenters. The molecule has 1 amide bonds. The maximum atomic E-state index is 12.6. The van der Waals surface area contributed by atoms with Gasteiger partial charge in [-0.3, -0.25) is 9.59 Å². The highest BCUT2D eigenvalue weighted by molar-refractivity contribution is 5.90. The Morgan fingerprint density at radius 2 is 2.14 bits per heavy atom. The minimum Gasteiger partial charge on any atom is -0.481 e. The minimum atomic E-state index is -0.840. The fraction of sp³-hybridized carbons (Fsp3) is 0.412. The Balaban J connectivity index is 1.81. The summed E-state index contributed by atoms with van der Waals surface area (Å²) < 4.78 is 0. The van der Waals surface area contributed by atoms with E-state index < -0.39 is 5.97 Å². The molecular formula is C17H20N2O3. The lowest BCUT2D eigenvalue weighted by molar-refractivity contribution is -0.139. The lowest BCUT2D eigenvalue weighted by atomic mass is 10.1. The van der Waals surface area contributed by atoms with Gasteiger partial charge in [-0.2, -0.15) is 0 Å². The zero-order valence-corrected chi connectivity index (χ0v) is 12.6. The predicted molar refractivity (Wildman–Crippen MR) is 83.7 cm³/mol. The highest BCUT2D eigenvalue weighted by Crippen LogP contribution is 2.25. The van der Waals surface area contributed by atoms with Crippen molar-refractivity contribution < 1.29 is 14.7 Å². The first-order valence-electron chi connectivity index (χ1n) is 7.63. The van der Waals surface area contributed by atoms with Crippen molar-refractivity contribution in [2.45, 2.75) is 38.6 Å². The van der Waals surface area contributed by atoms with Gasteiger partial charge in [0.2, 0.25) is 5.91 Å². The van der Waals surface area contributed by atoms with Gasteiger partial charge in [-0.25, -0.2) is 0 Å². The summed E-state index contributed by atoms with van der Waals surface area (Å²) in [6.07, 6.45) is 2.03. The van der Waals surface area contributed by atoms with E-state index in [0.717, 1.165) is 35.0 Å². The van der Waals surface area contributed by atoms with E-state index in [0.29, 0.717) is 13.0 Å². The number of benzene rings is 1. The molecule has 1 aromatic carbocycles. The van der Waals surface area contributed by atoms with E-state index >= 15 is 0 Å². The summed E-state index contributed by atoms with van der Waals surface area (Å²) in [7, 11) is 0. The Labute approximate surface area is 128 Å². The number of para-hydroxylation sites is 1. The molecule has 2 N–H and O–H groups in total. The topological polar surface area (TPSA) is 73.4 Å². The normalized spacial score (nSPS) is 18.0. The summed E-state index contributed by atoms with van der Waals surface area (Å²) in [5, 5.41) is 10.0. The summed E-state index contributed by atoms with van der Waals surface area (Å²) in [6.45, 7) is 2.64. The number of hydrogen-bond acceptors (Lipinski definition) is 2. The number of carbonyl (C=O) groups is 2. The van der Waals surface area contributed by atoms with Crippen LogP contribution in [0.2, 0.25) is 0 Å². The zero-order chi connectivity index (χ0) is 15.7. The van der Waals surface area contributed by atoms with E-state index in [1.165, 1.54) is 0 Å². The van der Waals surface area contributed by atoms with Gasteiger partial charge < -0.3 is 15.0 Å². The predicted octanol–water partition coefficient (Wildman–Crippen LogP) is 2.48. The van der Waals surface area contributed by atoms with Crippen molar-refractivity contribution in [3.63, 3.8) is 0 Å². The van der Waals surface area contributed by atoms with Gasteiger partial charge >= 0.3 is 5.97 Å². The highest BCUT2D eigenvalue weighted by Gasteiger charge is 2.30. The molecule has 1 aromatic heterocycles. The second-order valence-electron chi connectivity index (χ2n) is 5.93. The quantitative estimate of drug-likeness (QED) is 0.911. The van der Waals surface area contributed by atoms with Gasteiger partial charge in [0.25, 0.3) is 0 Å². The first kappa shape index (κ1) is 14.6. The summed E-state index contributed by atoms with van der Waals surface area (Å²) in [5.74, 6) is -0.815. The molecule has 1 saturated heterocycles. The summed E-state index contributed by atoms with van der Waals surface area (Å²) in [4.78, 5) is 28.6. The van der Waals surface area contributed by atoms with Crippen molar-refractivity contribution >= 4 is 22.8 Å². The molecule has 3 rings (SSSR count). The smallest absolute Gasteiger partial charge is 0.305 e. The average Bonchev–Trinajstić information content (AvgIpc) is 3.04. The molecule has 0 aliphatic carbocycles. The third-order valence-corrected chi connectivity index (χ3v) is 4.46. The number of nitrogens with one attached hydrogen (secondary N) is 1. The zero-order valence-electron chi connectivity index (χ0n) is 12.6. The lowest BCUT2D eigenvalue weighted by Gasteiger charge is -2.23. The molecule has 1 fully saturated rings. The van der Waals surface area contributed by atoms with Crippen LogP contribution in [-0.4, -0.2) is 39.5 Å². The first-order valence-corrected chi connectivity index (χ1v) is 7.63. The Morgan fingerprint density at radius 3 is 2.91 bits per heavy atom. The number of rotatable bonds is 4. The molecule has 1 aliphatic rings. The number of carbonyl (C=O) groups excluding carboxylic acids is 1. The Morgan fingerprint density at radius 1 is 1.36 bits per heavy atom. The van der Waals surface area contributed by atoms with Crippen molar-refractivity contribution in [3.8, 4) is 0 Å². The number of nitrogens with zero attached hydrogens (tertiary/aromatic N) is 1. The standard InChI is InChI=1S/C17H20N2O3/c1-11-14(13-6-2-3-7-15(13)18-11)10-16(20)19-8-4-5-12(19)9-17(21)22/h2-3,6-7,12,18H,4-5,8-10H2,1H3,(H,21,22). The Bertz CT molecular complexity index is 720. The van der Waals surface area contributed by atoms with E-state index in [1.807, 2.05) is 31.2 Å². The maximum Gasteiger partial charge on any atom is 0.305 e. The van der Waals surface area contributed by atoms with Crippen molar-refractivity contribution in [3.05, 3.63) is 35.5 Å². The fourth-order valence-electron chi connectivity index (χ4n) is 3.39. The second kappa shape index (κ2) is 5.83. The van der Waals surface area contributed by atoms with E-state index in [1.54, 1.807) is 4.90 Å². The SMILES string of the molecule is Cc1[nH]c2ccccc2c1CC(=O)N1CCCC1CC(=O)O. The van der Waals surface area contributed by atoms with Crippen LogP contribution in [0, 0.1) is 6.92 Å². The van der Waals surface area contributed by atoms with Crippen LogP contribution in [0.3, 0.4) is 0 Å². The van der Waals surface area contributed by atoms with Gasteiger partial charge in [-0.15, -0.1) is 0 Å². The third kappa shape index (κ3) is 2.71. The van der Waals surface area contributed by atoms with Gasteiger partial charge in [0.15, 0.2) is 0 Å². The van der Waals surface area contributed by atoms with Crippen LogP contribution in [0.5, 0.6) is 0 Å². The van der Waals surface area contributed by atoms with E-state index in [4.69, 9.17) is 5.11 Å². The molecule has 2 heterocycles. The van der Waals surface area contributed by atoms with E-state index in [-0.39, 0.29) is 18.4 Å². The summed E-state index contributed by atoms with van der Waals surface area (Å²) in [5.41, 5.74) is 3.05. The summed E-state index contributed by atoms with van der Waals surface area (Å²) >= 11 is 0. The third-order valence-electron chi connectivity index (χ3n) is 4.46. The summed E-state index contributed by atoms with van der Waals surface area (Å²) in [6, 6.07) is 7.79. The van der Waals surface area contributed by atoms with Crippen LogP contribution in [0.1, 0.15) is 30.5 Å². The molecular weight excluding hydrogens is 280 g/mol. The largest absolute Gasteiger partial charge is 0.481 e. The van der Waals surface area contributed by atoms with Gasteiger partial charge in [-0.1, -0.05) is 18.2 Å². The van der Waals surface area contributed by atoms with Crippen LogP contribution in [0.15, 0.2) is 24.3 Å². The molecule has 1 aliphatic heterocycles. The molecule has 2 aromatic rings. The van der Waals surface area contributed by atoms with Gasteiger partial charge in [0, 0.05) is 29.2 Å². The van der Waals surface area contributed by atoms with E-state index in [9.17, 15) is 9.59 Å². The number of H-pyrrole nitrogens is 1. The number of aliphatic carboxylic acids is 1. The number of amides is 1. The van der Waals surface area contributed by atoms with Gasteiger partial charge in [0.1, 0.15) is 0 Å². The van der Waals surface area contributed by atoms with Crippen molar-refractivity contribution in [2.75, 3.05) is 6.54 Å². The van der Waals surface area contributed by atoms with Crippen LogP contribution in [0.4, 0.5) is 0 Å². The van der Waals surface area contributed by atoms with E-state index in [2.05, 4.69) is 4.98 Å². The monoisotopic (exact) mass is 300 g/mol. The molecule has 22 heavy (non-hydrogen) atoms. The molecule has 116 valence electrons. The maximum absolute atomic E-state index is 12.6. The van der Waals surface area contributed by atoms with Gasteiger partial charge in [0.05, 0.1) is 12.8 Å². The molecule has 5 nitrogen and oxygen atoms in total. The van der Waals surface area contributed by atoms with Crippen LogP contribution < -0.4 is 0 Å². The van der Waals surface area contributed by atoms with Crippen LogP contribution >= 0.6 is 0 Å². The number of likely N-dealkylation sites (tertiary alicyclic amines) is 1. The average molecular weight is 300 g/mol. The number of aryl methyl sites for hydroxylation is 1. The molecule has 1 unspecified atom stereocenters. The molecule has 5 heteroatoms. The number of carboxylic acid groups (broad SMARTS) is 1. The number of aromatic nitrogens is 1. The number of carboxylic acids is 1. The molecule has 0 saturated carbocycles. The minimum absolute atomic E-state index is 0.0246. The van der Waals surface area contributed by atoms with Crippen LogP contribution in [0.25, 0.3) is 10.9 Å².